The quantitative estimate of drug-likeness (QED) is 0.749. The summed E-state index contributed by atoms with van der Waals surface area (Å²) in [4.78, 5) is 2.65. The smallest absolute Gasteiger partial charge is 0.0221 e. The van der Waals surface area contributed by atoms with Gasteiger partial charge in [-0.1, -0.05) is 34.1 Å². The van der Waals surface area contributed by atoms with Gasteiger partial charge >= 0.3 is 0 Å². The van der Waals surface area contributed by atoms with E-state index in [1.165, 1.54) is 45.4 Å². The van der Waals surface area contributed by atoms with Crippen molar-refractivity contribution in [2.45, 2.75) is 53.0 Å². The molecule has 96 valence electrons. The van der Waals surface area contributed by atoms with Crippen molar-refractivity contribution < 1.29 is 0 Å². The lowest BCUT2D eigenvalue weighted by Gasteiger charge is -2.36. The van der Waals surface area contributed by atoms with Crippen molar-refractivity contribution >= 4 is 0 Å². The van der Waals surface area contributed by atoms with Gasteiger partial charge in [-0.25, -0.2) is 0 Å². The van der Waals surface area contributed by atoms with Crippen molar-refractivity contribution in [1.82, 2.24) is 10.2 Å². The van der Waals surface area contributed by atoms with E-state index in [0.717, 1.165) is 17.9 Å². The van der Waals surface area contributed by atoms with Crippen molar-refractivity contribution in [3.8, 4) is 0 Å². The maximum Gasteiger partial charge on any atom is 0.0221 e. The van der Waals surface area contributed by atoms with Crippen LogP contribution in [0.25, 0.3) is 0 Å². The SMILES string of the molecule is CCC(C)C1CN(CCCC(C)C)CCN1. The number of rotatable bonds is 6. The Kier molecular flexibility index (Phi) is 6.37. The topological polar surface area (TPSA) is 15.3 Å². The Labute approximate surface area is 102 Å². The fraction of sp³-hybridized carbons (Fsp3) is 1.00. The van der Waals surface area contributed by atoms with Crippen LogP contribution in [0.1, 0.15) is 47.0 Å². The van der Waals surface area contributed by atoms with E-state index in [1.807, 2.05) is 0 Å². The zero-order valence-electron chi connectivity index (χ0n) is 11.6. The van der Waals surface area contributed by atoms with Gasteiger partial charge in [-0.15, -0.1) is 0 Å². The van der Waals surface area contributed by atoms with Gasteiger partial charge in [-0.3, -0.25) is 0 Å². The van der Waals surface area contributed by atoms with Gasteiger partial charge in [-0.2, -0.15) is 0 Å². The molecular weight excluding hydrogens is 196 g/mol. The third-order valence-corrected chi connectivity index (χ3v) is 3.88. The summed E-state index contributed by atoms with van der Waals surface area (Å²) in [5, 5.41) is 3.66. The molecule has 0 aromatic rings. The lowest BCUT2D eigenvalue weighted by molar-refractivity contribution is 0.165. The molecule has 2 nitrogen and oxygen atoms in total. The number of hydrogen-bond acceptors (Lipinski definition) is 2. The lowest BCUT2D eigenvalue weighted by Crippen LogP contribution is -2.53. The second-order valence-electron chi connectivity index (χ2n) is 5.78. The van der Waals surface area contributed by atoms with Crippen LogP contribution in [-0.2, 0) is 0 Å². The molecule has 0 bridgehead atoms. The second-order valence-corrected chi connectivity index (χ2v) is 5.78. The van der Waals surface area contributed by atoms with Crippen LogP contribution >= 0.6 is 0 Å². The summed E-state index contributed by atoms with van der Waals surface area (Å²) >= 11 is 0. The van der Waals surface area contributed by atoms with Gasteiger partial charge in [0.25, 0.3) is 0 Å². The summed E-state index contributed by atoms with van der Waals surface area (Å²) in [6.07, 6.45) is 4.03. The van der Waals surface area contributed by atoms with Crippen LogP contribution in [-0.4, -0.2) is 37.1 Å². The summed E-state index contributed by atoms with van der Waals surface area (Å²) in [5.74, 6) is 1.67. The van der Waals surface area contributed by atoms with Gasteiger partial charge in [0.15, 0.2) is 0 Å². The Hall–Kier alpha value is -0.0800. The average molecular weight is 226 g/mol. The molecule has 2 unspecified atom stereocenters. The molecule has 2 heteroatoms. The third kappa shape index (κ3) is 4.84. The molecule has 1 aliphatic rings. The van der Waals surface area contributed by atoms with Crippen molar-refractivity contribution in [3.63, 3.8) is 0 Å². The van der Waals surface area contributed by atoms with Crippen LogP contribution < -0.4 is 5.32 Å². The van der Waals surface area contributed by atoms with E-state index in [4.69, 9.17) is 0 Å². The van der Waals surface area contributed by atoms with Crippen LogP contribution in [0.15, 0.2) is 0 Å². The zero-order valence-corrected chi connectivity index (χ0v) is 11.6. The molecule has 0 radical (unpaired) electrons. The lowest BCUT2D eigenvalue weighted by atomic mass is 9.97. The van der Waals surface area contributed by atoms with Gasteiger partial charge in [0.1, 0.15) is 0 Å². The molecule has 1 heterocycles. The van der Waals surface area contributed by atoms with Crippen molar-refractivity contribution in [3.05, 3.63) is 0 Å². The minimum Gasteiger partial charge on any atom is -0.311 e. The first-order chi connectivity index (χ1) is 7.63. The van der Waals surface area contributed by atoms with Crippen LogP contribution in [0.3, 0.4) is 0 Å². The fourth-order valence-corrected chi connectivity index (χ4v) is 2.43. The van der Waals surface area contributed by atoms with E-state index >= 15 is 0 Å². The highest BCUT2D eigenvalue weighted by molar-refractivity contribution is 4.81. The highest BCUT2D eigenvalue weighted by Crippen LogP contribution is 2.13. The van der Waals surface area contributed by atoms with Gasteiger partial charge in [0.2, 0.25) is 0 Å². The van der Waals surface area contributed by atoms with Gasteiger partial charge in [0, 0.05) is 25.7 Å². The first-order valence-corrected chi connectivity index (χ1v) is 7.09. The van der Waals surface area contributed by atoms with E-state index in [1.54, 1.807) is 0 Å². The maximum absolute atomic E-state index is 3.66. The molecule has 0 aromatic heterocycles. The third-order valence-electron chi connectivity index (χ3n) is 3.88. The summed E-state index contributed by atoms with van der Waals surface area (Å²) in [6, 6.07) is 0.720. The van der Waals surface area contributed by atoms with E-state index in [2.05, 4.69) is 37.9 Å². The molecule has 1 fully saturated rings. The molecule has 1 rings (SSSR count). The monoisotopic (exact) mass is 226 g/mol. The Morgan fingerprint density at radius 3 is 2.69 bits per heavy atom. The summed E-state index contributed by atoms with van der Waals surface area (Å²) in [7, 11) is 0. The highest BCUT2D eigenvalue weighted by atomic mass is 15.2. The highest BCUT2D eigenvalue weighted by Gasteiger charge is 2.22. The van der Waals surface area contributed by atoms with Crippen LogP contribution in [0.4, 0.5) is 0 Å². The number of piperazine rings is 1. The number of nitrogens with one attached hydrogen (secondary N) is 1. The van der Waals surface area contributed by atoms with E-state index in [9.17, 15) is 0 Å². The van der Waals surface area contributed by atoms with Gasteiger partial charge in [0.05, 0.1) is 0 Å². The molecule has 0 aromatic carbocycles. The molecule has 1 N–H and O–H groups in total. The largest absolute Gasteiger partial charge is 0.311 e. The molecule has 16 heavy (non-hydrogen) atoms. The Balaban J connectivity index is 2.22. The molecule has 2 atom stereocenters. The normalized spacial score (nSPS) is 24.9. The zero-order chi connectivity index (χ0) is 12.0. The molecular formula is C14H30N2. The standard InChI is InChI=1S/C14H30N2/c1-5-13(4)14-11-16(10-8-15-14)9-6-7-12(2)3/h12-15H,5-11H2,1-4H3. The van der Waals surface area contributed by atoms with Crippen LogP contribution in [0.5, 0.6) is 0 Å². The van der Waals surface area contributed by atoms with Gasteiger partial charge < -0.3 is 10.2 Å². The number of nitrogens with zero attached hydrogens (tertiary/aromatic N) is 1. The van der Waals surface area contributed by atoms with E-state index in [0.29, 0.717) is 0 Å². The first kappa shape index (κ1) is 14.0. The minimum absolute atomic E-state index is 0.720. The predicted octanol–water partition coefficient (Wildman–Crippen LogP) is 2.74. The minimum atomic E-state index is 0.720. The summed E-state index contributed by atoms with van der Waals surface area (Å²) in [5.41, 5.74) is 0. The Morgan fingerprint density at radius 1 is 1.31 bits per heavy atom. The maximum atomic E-state index is 3.66. The van der Waals surface area contributed by atoms with Crippen LogP contribution in [0, 0.1) is 11.8 Å². The first-order valence-electron chi connectivity index (χ1n) is 7.09. The molecule has 0 saturated carbocycles. The van der Waals surface area contributed by atoms with E-state index in [-0.39, 0.29) is 0 Å². The molecule has 0 aliphatic carbocycles. The second kappa shape index (κ2) is 7.29. The van der Waals surface area contributed by atoms with Gasteiger partial charge in [-0.05, 0) is 31.2 Å². The molecule has 1 aliphatic heterocycles. The Bertz CT molecular complexity index is 180. The Morgan fingerprint density at radius 2 is 2.06 bits per heavy atom. The van der Waals surface area contributed by atoms with Crippen molar-refractivity contribution in [2.24, 2.45) is 11.8 Å². The van der Waals surface area contributed by atoms with Crippen molar-refractivity contribution in [1.29, 1.82) is 0 Å². The van der Waals surface area contributed by atoms with Crippen LogP contribution in [0.2, 0.25) is 0 Å². The molecule has 0 spiro atoms. The molecule has 1 saturated heterocycles. The summed E-state index contributed by atoms with van der Waals surface area (Å²) in [6.45, 7) is 14.3. The number of hydrogen-bond donors (Lipinski definition) is 1. The average Bonchev–Trinajstić information content (AvgIpc) is 2.28. The fourth-order valence-electron chi connectivity index (χ4n) is 2.43. The van der Waals surface area contributed by atoms with E-state index < -0.39 is 0 Å². The molecule has 0 amide bonds. The summed E-state index contributed by atoms with van der Waals surface area (Å²) < 4.78 is 0. The predicted molar refractivity (Wildman–Crippen MR) is 71.8 cm³/mol. The van der Waals surface area contributed by atoms with Crippen molar-refractivity contribution in [2.75, 3.05) is 26.2 Å².